The second-order valence-electron chi connectivity index (χ2n) is 5.61. The third-order valence-corrected chi connectivity index (χ3v) is 4.19. The summed E-state index contributed by atoms with van der Waals surface area (Å²) in [5, 5.41) is 9.32. The van der Waals surface area contributed by atoms with E-state index in [4.69, 9.17) is 0 Å². The topological polar surface area (TPSA) is 88.9 Å². The number of nitrogens with one attached hydrogen (secondary N) is 2. The molecule has 0 unspecified atom stereocenters. The number of anilines is 1. The molecule has 0 fully saturated rings. The van der Waals surface area contributed by atoms with E-state index in [0.29, 0.717) is 6.54 Å². The zero-order valence-corrected chi connectivity index (χ0v) is 15.6. The summed E-state index contributed by atoms with van der Waals surface area (Å²) in [6.45, 7) is 0.384. The van der Waals surface area contributed by atoms with Crippen LogP contribution in [0.2, 0.25) is 0 Å². The van der Waals surface area contributed by atoms with Gasteiger partial charge in [-0.25, -0.2) is 14.1 Å². The van der Waals surface area contributed by atoms with Crippen molar-refractivity contribution in [3.8, 4) is 0 Å². The lowest BCUT2D eigenvalue weighted by atomic mass is 10.2. The average molecular weight is 432 g/mol. The average Bonchev–Trinajstić information content (AvgIpc) is 3.09. The molecule has 0 bridgehead atoms. The summed E-state index contributed by atoms with van der Waals surface area (Å²) in [6, 6.07) is 13.4. The highest BCUT2D eigenvalue weighted by Crippen LogP contribution is 2.17. The predicted octanol–water partition coefficient (Wildman–Crippen LogP) is 2.75. The quantitative estimate of drug-likeness (QED) is 0.627. The van der Waals surface area contributed by atoms with Crippen LogP contribution in [0.3, 0.4) is 0 Å². The van der Waals surface area contributed by atoms with E-state index in [0.717, 1.165) is 5.56 Å². The zero-order chi connectivity index (χ0) is 19.2. The molecule has 27 heavy (non-hydrogen) atoms. The minimum absolute atomic E-state index is 0.0300. The Morgan fingerprint density at radius 1 is 1.15 bits per heavy atom. The first-order chi connectivity index (χ1) is 13.0. The van der Waals surface area contributed by atoms with Gasteiger partial charge >= 0.3 is 0 Å². The van der Waals surface area contributed by atoms with Crippen molar-refractivity contribution < 1.29 is 14.0 Å². The predicted molar refractivity (Wildman–Crippen MR) is 100 cm³/mol. The summed E-state index contributed by atoms with van der Waals surface area (Å²) in [5.41, 5.74) is 1.24. The fourth-order valence-electron chi connectivity index (χ4n) is 2.24. The molecule has 0 saturated carbocycles. The van der Waals surface area contributed by atoms with E-state index < -0.39 is 11.7 Å². The molecule has 2 amide bonds. The SMILES string of the molecule is O=C(Cn1cnc(NC(=O)c2ccc(F)c(Br)c2)n1)NCc1ccccc1. The molecular weight excluding hydrogens is 417 g/mol. The largest absolute Gasteiger partial charge is 0.350 e. The van der Waals surface area contributed by atoms with E-state index >= 15 is 0 Å². The van der Waals surface area contributed by atoms with E-state index in [9.17, 15) is 14.0 Å². The van der Waals surface area contributed by atoms with Gasteiger partial charge in [-0.15, -0.1) is 5.10 Å². The molecule has 138 valence electrons. The van der Waals surface area contributed by atoms with Gasteiger partial charge in [0.2, 0.25) is 11.9 Å². The van der Waals surface area contributed by atoms with Crippen molar-refractivity contribution in [3.05, 3.63) is 76.3 Å². The first kappa shape index (κ1) is 18.7. The second kappa shape index (κ2) is 8.54. The number of rotatable bonds is 6. The van der Waals surface area contributed by atoms with E-state index in [1.54, 1.807) is 0 Å². The number of carbonyl (C=O) groups is 2. The van der Waals surface area contributed by atoms with Crippen LogP contribution in [0, 0.1) is 5.82 Å². The smallest absolute Gasteiger partial charge is 0.258 e. The normalized spacial score (nSPS) is 10.4. The van der Waals surface area contributed by atoms with E-state index in [1.165, 1.54) is 29.2 Å². The molecule has 1 aromatic heterocycles. The van der Waals surface area contributed by atoms with Crippen LogP contribution in [0.15, 0.2) is 59.3 Å². The molecule has 0 aliphatic rings. The van der Waals surface area contributed by atoms with Crippen LogP contribution in [-0.4, -0.2) is 26.6 Å². The summed E-state index contributed by atoms with van der Waals surface area (Å²) >= 11 is 3.03. The van der Waals surface area contributed by atoms with Gasteiger partial charge in [0.15, 0.2) is 0 Å². The Hall–Kier alpha value is -3.07. The van der Waals surface area contributed by atoms with Gasteiger partial charge in [-0.05, 0) is 39.7 Å². The first-order valence-corrected chi connectivity index (χ1v) is 8.77. The molecule has 2 aromatic carbocycles. The molecule has 1 heterocycles. The van der Waals surface area contributed by atoms with Crippen LogP contribution in [0.5, 0.6) is 0 Å². The molecule has 0 aliphatic carbocycles. The molecule has 9 heteroatoms. The van der Waals surface area contributed by atoms with Crippen LogP contribution in [0.1, 0.15) is 15.9 Å². The van der Waals surface area contributed by atoms with Crippen LogP contribution in [0.25, 0.3) is 0 Å². The standard InChI is InChI=1S/C18H15BrFN5O2/c19-14-8-13(6-7-15(14)20)17(27)23-18-22-11-25(24-18)10-16(26)21-9-12-4-2-1-3-5-12/h1-8,11H,9-10H2,(H,21,26)(H,23,24,27). The Labute approximate surface area is 162 Å². The van der Waals surface area contributed by atoms with Crippen molar-refractivity contribution >= 4 is 33.7 Å². The van der Waals surface area contributed by atoms with Crippen molar-refractivity contribution in [2.24, 2.45) is 0 Å². The van der Waals surface area contributed by atoms with Crippen molar-refractivity contribution in [2.75, 3.05) is 5.32 Å². The summed E-state index contributed by atoms with van der Waals surface area (Å²) in [4.78, 5) is 28.1. The Bertz CT molecular complexity index is 961. The lowest BCUT2D eigenvalue weighted by Crippen LogP contribution is -2.27. The minimum atomic E-state index is -0.484. The number of nitrogens with zero attached hydrogens (tertiary/aromatic N) is 3. The number of aromatic nitrogens is 3. The highest BCUT2D eigenvalue weighted by Gasteiger charge is 2.12. The number of carbonyl (C=O) groups excluding carboxylic acids is 2. The molecule has 7 nitrogen and oxygen atoms in total. The van der Waals surface area contributed by atoms with Crippen LogP contribution in [0.4, 0.5) is 10.3 Å². The van der Waals surface area contributed by atoms with Crippen molar-refractivity contribution in [1.29, 1.82) is 0 Å². The fraction of sp³-hybridized carbons (Fsp3) is 0.111. The van der Waals surface area contributed by atoms with Gasteiger partial charge in [0.25, 0.3) is 5.91 Å². The maximum absolute atomic E-state index is 13.2. The summed E-state index contributed by atoms with van der Waals surface area (Å²) in [5.74, 6) is -1.13. The van der Waals surface area contributed by atoms with Gasteiger partial charge in [-0.2, -0.15) is 0 Å². The third kappa shape index (κ3) is 5.20. The Morgan fingerprint density at radius 3 is 2.67 bits per heavy atom. The lowest BCUT2D eigenvalue weighted by molar-refractivity contribution is -0.122. The van der Waals surface area contributed by atoms with Crippen LogP contribution >= 0.6 is 15.9 Å². The molecule has 2 N–H and O–H groups in total. The van der Waals surface area contributed by atoms with Gasteiger partial charge in [0, 0.05) is 12.1 Å². The minimum Gasteiger partial charge on any atom is -0.350 e. The molecule has 0 atom stereocenters. The molecule has 0 spiro atoms. The maximum atomic E-state index is 13.2. The molecule has 0 aliphatic heterocycles. The molecular formula is C18H15BrFN5O2. The van der Waals surface area contributed by atoms with Gasteiger partial charge in [-0.1, -0.05) is 30.3 Å². The molecule has 0 radical (unpaired) electrons. The number of halogens is 2. The van der Waals surface area contributed by atoms with Crippen molar-refractivity contribution in [1.82, 2.24) is 20.1 Å². The van der Waals surface area contributed by atoms with E-state index in [2.05, 4.69) is 36.6 Å². The first-order valence-electron chi connectivity index (χ1n) is 7.98. The maximum Gasteiger partial charge on any atom is 0.258 e. The van der Waals surface area contributed by atoms with E-state index in [-0.39, 0.29) is 28.4 Å². The van der Waals surface area contributed by atoms with Crippen molar-refractivity contribution in [3.63, 3.8) is 0 Å². The number of amides is 2. The third-order valence-electron chi connectivity index (χ3n) is 3.58. The Balaban J connectivity index is 1.54. The highest BCUT2D eigenvalue weighted by molar-refractivity contribution is 9.10. The summed E-state index contributed by atoms with van der Waals surface area (Å²) in [6.07, 6.45) is 1.35. The lowest BCUT2D eigenvalue weighted by Gasteiger charge is -2.05. The second-order valence-corrected chi connectivity index (χ2v) is 6.47. The van der Waals surface area contributed by atoms with E-state index in [1.807, 2.05) is 30.3 Å². The van der Waals surface area contributed by atoms with Crippen molar-refractivity contribution in [2.45, 2.75) is 13.1 Å². The highest BCUT2D eigenvalue weighted by atomic mass is 79.9. The fourth-order valence-corrected chi connectivity index (χ4v) is 2.62. The van der Waals surface area contributed by atoms with Crippen LogP contribution < -0.4 is 10.6 Å². The molecule has 3 rings (SSSR count). The molecule has 3 aromatic rings. The summed E-state index contributed by atoms with van der Waals surface area (Å²) < 4.78 is 14.7. The number of hydrogen-bond donors (Lipinski definition) is 2. The van der Waals surface area contributed by atoms with Gasteiger partial charge in [0.05, 0.1) is 4.47 Å². The van der Waals surface area contributed by atoms with Gasteiger partial charge < -0.3 is 5.32 Å². The Kier molecular flexibility index (Phi) is 5.92. The number of hydrogen-bond acceptors (Lipinski definition) is 4. The number of benzene rings is 2. The van der Waals surface area contributed by atoms with Gasteiger partial charge in [0.1, 0.15) is 18.7 Å². The zero-order valence-electron chi connectivity index (χ0n) is 14.0. The Morgan fingerprint density at radius 2 is 1.93 bits per heavy atom. The summed E-state index contributed by atoms with van der Waals surface area (Å²) in [7, 11) is 0. The van der Waals surface area contributed by atoms with Gasteiger partial charge in [-0.3, -0.25) is 14.9 Å². The monoisotopic (exact) mass is 431 g/mol. The molecule has 0 saturated heterocycles. The van der Waals surface area contributed by atoms with Crippen LogP contribution in [-0.2, 0) is 17.9 Å².